The molecule has 7 heteroatoms. The second kappa shape index (κ2) is 6.82. The molecule has 0 bridgehead atoms. The van der Waals surface area contributed by atoms with Crippen molar-refractivity contribution in [2.24, 2.45) is 0 Å². The first-order chi connectivity index (χ1) is 11.6. The number of carbonyl (C=O) groups is 1. The van der Waals surface area contributed by atoms with Gasteiger partial charge in [0.25, 0.3) is 5.91 Å². The average Bonchev–Trinajstić information content (AvgIpc) is 2.59. The summed E-state index contributed by atoms with van der Waals surface area (Å²) in [6, 6.07) is 5.53. The van der Waals surface area contributed by atoms with Gasteiger partial charge in [0.2, 0.25) is 0 Å². The topological polar surface area (TPSA) is 92.7 Å². The molecule has 3 aromatic heterocycles. The average molecular weight is 320 g/mol. The Bertz CT molecular complexity index is 846. The number of nitrogens with zero attached hydrogens (tertiary/aromatic N) is 4. The summed E-state index contributed by atoms with van der Waals surface area (Å²) in [4.78, 5) is 28.7. The van der Waals surface area contributed by atoms with Crippen LogP contribution in [0, 0.1) is 13.8 Å². The minimum absolute atomic E-state index is 0.286. The third-order valence-corrected chi connectivity index (χ3v) is 3.30. The molecule has 7 nitrogen and oxygen atoms in total. The Kier molecular flexibility index (Phi) is 4.42. The largest absolute Gasteiger partial charge is 0.351 e. The van der Waals surface area contributed by atoms with E-state index in [1.807, 2.05) is 19.1 Å². The summed E-state index contributed by atoms with van der Waals surface area (Å²) in [6.07, 6.45) is 7.97. The van der Waals surface area contributed by atoms with Gasteiger partial charge < -0.3 is 10.6 Å². The van der Waals surface area contributed by atoms with E-state index in [9.17, 15) is 4.79 Å². The Balaban J connectivity index is 1.79. The third-order valence-electron chi connectivity index (χ3n) is 3.30. The van der Waals surface area contributed by atoms with E-state index >= 15 is 0 Å². The molecule has 0 unspecified atom stereocenters. The van der Waals surface area contributed by atoms with Crippen LogP contribution in [0.1, 0.15) is 21.9 Å². The predicted molar refractivity (Wildman–Crippen MR) is 91.2 cm³/mol. The van der Waals surface area contributed by atoms with E-state index in [1.54, 1.807) is 31.6 Å². The Morgan fingerprint density at radius 2 is 1.71 bits per heavy atom. The van der Waals surface area contributed by atoms with Gasteiger partial charge in [-0.3, -0.25) is 14.8 Å². The molecule has 3 aromatic rings. The van der Waals surface area contributed by atoms with Crippen molar-refractivity contribution < 1.29 is 4.79 Å². The highest BCUT2D eigenvalue weighted by atomic mass is 16.1. The number of aromatic nitrogens is 4. The Labute approximate surface area is 139 Å². The van der Waals surface area contributed by atoms with E-state index in [-0.39, 0.29) is 5.91 Å². The fourth-order valence-corrected chi connectivity index (χ4v) is 2.00. The SMILES string of the molecule is Cc1ccc(Nc2cnccc2NC(=O)c2cnc(C)nc2)cn1. The summed E-state index contributed by atoms with van der Waals surface area (Å²) in [7, 11) is 0. The van der Waals surface area contributed by atoms with Crippen molar-refractivity contribution in [2.75, 3.05) is 10.6 Å². The molecule has 3 heterocycles. The Morgan fingerprint density at radius 1 is 0.917 bits per heavy atom. The number of hydrogen-bond donors (Lipinski definition) is 2. The lowest BCUT2D eigenvalue weighted by molar-refractivity contribution is 0.102. The molecule has 1 amide bonds. The number of hydrogen-bond acceptors (Lipinski definition) is 6. The number of nitrogens with one attached hydrogen (secondary N) is 2. The van der Waals surface area contributed by atoms with Crippen molar-refractivity contribution in [1.82, 2.24) is 19.9 Å². The molecule has 0 aromatic carbocycles. The quantitative estimate of drug-likeness (QED) is 0.768. The Morgan fingerprint density at radius 3 is 2.42 bits per heavy atom. The number of anilines is 3. The van der Waals surface area contributed by atoms with Gasteiger partial charge >= 0.3 is 0 Å². The first kappa shape index (κ1) is 15.5. The van der Waals surface area contributed by atoms with Gasteiger partial charge in [0, 0.05) is 24.3 Å². The Hall–Kier alpha value is -3.35. The van der Waals surface area contributed by atoms with Crippen LogP contribution in [0.3, 0.4) is 0 Å². The highest BCUT2D eigenvalue weighted by Crippen LogP contribution is 2.24. The van der Waals surface area contributed by atoms with Gasteiger partial charge in [-0.1, -0.05) is 0 Å². The molecule has 0 saturated carbocycles. The van der Waals surface area contributed by atoms with Gasteiger partial charge in [-0.15, -0.1) is 0 Å². The van der Waals surface area contributed by atoms with Gasteiger partial charge in [0.1, 0.15) is 5.82 Å². The number of amides is 1. The summed E-state index contributed by atoms with van der Waals surface area (Å²) in [5.74, 6) is 0.330. The molecule has 2 N–H and O–H groups in total. The minimum Gasteiger partial charge on any atom is -0.351 e. The number of rotatable bonds is 4. The molecule has 0 atom stereocenters. The molecule has 0 spiro atoms. The fourth-order valence-electron chi connectivity index (χ4n) is 2.00. The van der Waals surface area contributed by atoms with Crippen LogP contribution in [0.5, 0.6) is 0 Å². The maximum Gasteiger partial charge on any atom is 0.258 e. The van der Waals surface area contributed by atoms with Crippen molar-refractivity contribution in [1.29, 1.82) is 0 Å². The minimum atomic E-state index is -0.286. The fraction of sp³-hybridized carbons (Fsp3) is 0.118. The zero-order chi connectivity index (χ0) is 16.9. The molecule has 0 fully saturated rings. The van der Waals surface area contributed by atoms with E-state index < -0.39 is 0 Å². The highest BCUT2D eigenvalue weighted by molar-refractivity contribution is 6.05. The molecule has 0 saturated heterocycles. The monoisotopic (exact) mass is 320 g/mol. The van der Waals surface area contributed by atoms with Gasteiger partial charge in [-0.25, -0.2) is 9.97 Å². The summed E-state index contributed by atoms with van der Waals surface area (Å²) in [5, 5.41) is 6.03. The third kappa shape index (κ3) is 3.70. The summed E-state index contributed by atoms with van der Waals surface area (Å²) in [5.41, 5.74) is 3.41. The van der Waals surface area contributed by atoms with Crippen LogP contribution >= 0.6 is 0 Å². The number of aryl methyl sites for hydroxylation is 2. The predicted octanol–water partition coefficient (Wildman–Crippen LogP) is 2.88. The van der Waals surface area contributed by atoms with Crippen molar-refractivity contribution in [3.05, 3.63) is 66.3 Å². The van der Waals surface area contributed by atoms with Crippen LogP contribution < -0.4 is 10.6 Å². The normalized spacial score (nSPS) is 10.2. The van der Waals surface area contributed by atoms with Crippen LogP contribution in [-0.2, 0) is 0 Å². The second-order valence-corrected chi connectivity index (χ2v) is 5.21. The standard InChI is InChI=1S/C17H16N6O/c1-11-3-4-14(9-19-11)22-16-10-18-6-5-15(16)23-17(24)13-7-20-12(2)21-8-13/h3-10,22H,1-2H3,(H,18,23,24). The summed E-state index contributed by atoms with van der Waals surface area (Å²) < 4.78 is 0. The maximum atomic E-state index is 12.3. The van der Waals surface area contributed by atoms with Crippen molar-refractivity contribution in [3.63, 3.8) is 0 Å². The van der Waals surface area contributed by atoms with Crippen molar-refractivity contribution in [2.45, 2.75) is 13.8 Å². The number of pyridine rings is 2. The molecule has 0 aliphatic rings. The lowest BCUT2D eigenvalue weighted by atomic mass is 10.2. The first-order valence-electron chi connectivity index (χ1n) is 7.35. The molecule has 120 valence electrons. The van der Waals surface area contributed by atoms with E-state index in [4.69, 9.17) is 0 Å². The summed E-state index contributed by atoms with van der Waals surface area (Å²) >= 11 is 0. The van der Waals surface area contributed by atoms with Crippen LogP contribution in [0.2, 0.25) is 0 Å². The van der Waals surface area contributed by atoms with Crippen LogP contribution in [0.4, 0.5) is 17.1 Å². The highest BCUT2D eigenvalue weighted by Gasteiger charge is 2.10. The second-order valence-electron chi connectivity index (χ2n) is 5.21. The molecule has 24 heavy (non-hydrogen) atoms. The molecule has 0 aliphatic carbocycles. The smallest absolute Gasteiger partial charge is 0.258 e. The van der Waals surface area contributed by atoms with Gasteiger partial charge in [0.15, 0.2) is 0 Å². The van der Waals surface area contributed by atoms with Crippen molar-refractivity contribution in [3.8, 4) is 0 Å². The van der Waals surface area contributed by atoms with E-state index in [0.717, 1.165) is 11.4 Å². The maximum absolute atomic E-state index is 12.3. The van der Waals surface area contributed by atoms with Crippen LogP contribution in [0.15, 0.2) is 49.2 Å². The van der Waals surface area contributed by atoms with E-state index in [1.165, 1.54) is 12.4 Å². The van der Waals surface area contributed by atoms with Gasteiger partial charge in [-0.05, 0) is 32.0 Å². The lowest BCUT2D eigenvalue weighted by Crippen LogP contribution is -2.14. The molecule has 0 radical (unpaired) electrons. The van der Waals surface area contributed by atoms with Gasteiger partial charge in [0.05, 0.1) is 35.0 Å². The number of carbonyl (C=O) groups excluding carboxylic acids is 1. The molecule has 3 rings (SSSR count). The first-order valence-corrected chi connectivity index (χ1v) is 7.35. The zero-order valence-corrected chi connectivity index (χ0v) is 13.3. The zero-order valence-electron chi connectivity index (χ0n) is 13.3. The summed E-state index contributed by atoms with van der Waals surface area (Å²) in [6.45, 7) is 3.69. The molecular formula is C17H16N6O. The lowest BCUT2D eigenvalue weighted by Gasteiger charge is -2.12. The van der Waals surface area contributed by atoms with Crippen molar-refractivity contribution >= 4 is 23.0 Å². The van der Waals surface area contributed by atoms with E-state index in [0.29, 0.717) is 22.8 Å². The van der Waals surface area contributed by atoms with Crippen LogP contribution in [0.25, 0.3) is 0 Å². The molecular weight excluding hydrogens is 304 g/mol. The molecule has 0 aliphatic heterocycles. The van der Waals surface area contributed by atoms with Gasteiger partial charge in [-0.2, -0.15) is 0 Å². The van der Waals surface area contributed by atoms with Crippen LogP contribution in [-0.4, -0.2) is 25.8 Å². The van der Waals surface area contributed by atoms with E-state index in [2.05, 4.69) is 30.6 Å².